The molecule has 2 heteroatoms. The zero-order valence-corrected chi connectivity index (χ0v) is 14.6. The van der Waals surface area contributed by atoms with Crippen LogP contribution in [-0.4, -0.2) is 40.1 Å². The van der Waals surface area contributed by atoms with Crippen molar-refractivity contribution in [2.75, 3.05) is 13.2 Å². The molecule has 1 heterocycles. The van der Waals surface area contributed by atoms with Gasteiger partial charge in [-0.3, -0.25) is 9.80 Å². The second kappa shape index (κ2) is 6.13. The molecule has 1 rings (SSSR count). The Labute approximate surface area is 121 Å². The van der Waals surface area contributed by atoms with Gasteiger partial charge in [-0.15, -0.1) is 0 Å². The third-order valence-electron chi connectivity index (χ3n) is 4.67. The van der Waals surface area contributed by atoms with Gasteiger partial charge in [0.15, 0.2) is 0 Å². The molecule has 0 N–H and O–H groups in total. The van der Waals surface area contributed by atoms with Crippen molar-refractivity contribution >= 4 is 0 Å². The monoisotopic (exact) mass is 268 g/mol. The molecule has 2 nitrogen and oxygen atoms in total. The Morgan fingerprint density at radius 2 is 1.58 bits per heavy atom. The minimum atomic E-state index is 0.270. The average Bonchev–Trinajstić information content (AvgIpc) is 2.69. The first-order valence-electron chi connectivity index (χ1n) is 8.13. The minimum Gasteiger partial charge on any atom is -0.284 e. The van der Waals surface area contributed by atoms with Crippen molar-refractivity contribution in [3.05, 3.63) is 0 Å². The highest BCUT2D eigenvalue weighted by Gasteiger charge is 2.42. The number of hydrogen-bond acceptors (Lipinski definition) is 2. The maximum absolute atomic E-state index is 2.74. The van der Waals surface area contributed by atoms with Crippen LogP contribution < -0.4 is 0 Å². The molecule has 114 valence electrons. The van der Waals surface area contributed by atoms with Crippen LogP contribution in [0.15, 0.2) is 0 Å². The molecule has 0 aromatic rings. The minimum absolute atomic E-state index is 0.270. The maximum atomic E-state index is 2.74. The average molecular weight is 268 g/mol. The molecule has 1 saturated heterocycles. The van der Waals surface area contributed by atoms with Crippen LogP contribution in [0, 0.1) is 5.92 Å². The van der Waals surface area contributed by atoms with Crippen molar-refractivity contribution in [1.82, 2.24) is 9.80 Å². The van der Waals surface area contributed by atoms with E-state index < -0.39 is 0 Å². The van der Waals surface area contributed by atoms with E-state index in [4.69, 9.17) is 0 Å². The van der Waals surface area contributed by atoms with Gasteiger partial charge < -0.3 is 0 Å². The van der Waals surface area contributed by atoms with E-state index in [9.17, 15) is 0 Å². The number of rotatable bonds is 4. The molecule has 1 fully saturated rings. The highest BCUT2D eigenvalue weighted by atomic mass is 15.4. The smallest absolute Gasteiger partial charge is 0.0519 e. The Bertz CT molecular complexity index is 272. The van der Waals surface area contributed by atoms with E-state index in [0.29, 0.717) is 0 Å². The van der Waals surface area contributed by atoms with Crippen LogP contribution in [0.5, 0.6) is 0 Å². The lowest BCUT2D eigenvalue weighted by molar-refractivity contribution is 0.0636. The van der Waals surface area contributed by atoms with Gasteiger partial charge in [0, 0.05) is 23.7 Å². The molecular formula is C17H36N2. The standard InChI is InChI=1S/C17H36N2/c1-9-11-14(10-2)15-12-18(16(3,4)5)13-19(15)17(6,7)8/h14-15H,9-13H2,1-8H3/t14-,15?/m1/s1. The Morgan fingerprint density at radius 3 is 1.95 bits per heavy atom. The van der Waals surface area contributed by atoms with Crippen molar-refractivity contribution in [3.8, 4) is 0 Å². The molecule has 19 heavy (non-hydrogen) atoms. The van der Waals surface area contributed by atoms with Gasteiger partial charge in [-0.1, -0.05) is 26.7 Å². The molecule has 0 spiro atoms. The van der Waals surface area contributed by atoms with Gasteiger partial charge in [0.2, 0.25) is 0 Å². The summed E-state index contributed by atoms with van der Waals surface area (Å²) in [7, 11) is 0. The number of nitrogens with zero attached hydrogens (tertiary/aromatic N) is 2. The third-order valence-corrected chi connectivity index (χ3v) is 4.67. The van der Waals surface area contributed by atoms with E-state index in [-0.39, 0.29) is 11.1 Å². The van der Waals surface area contributed by atoms with Gasteiger partial charge in [-0.05, 0) is 53.9 Å². The van der Waals surface area contributed by atoms with E-state index in [2.05, 4.69) is 65.2 Å². The fourth-order valence-electron chi connectivity index (χ4n) is 3.31. The molecule has 1 aliphatic rings. The molecule has 0 aromatic heterocycles. The number of hydrogen-bond donors (Lipinski definition) is 0. The largest absolute Gasteiger partial charge is 0.284 e. The summed E-state index contributed by atoms with van der Waals surface area (Å²) in [5.74, 6) is 0.844. The zero-order valence-electron chi connectivity index (χ0n) is 14.6. The van der Waals surface area contributed by atoms with Gasteiger partial charge in [-0.2, -0.15) is 0 Å². The van der Waals surface area contributed by atoms with Crippen molar-refractivity contribution < 1.29 is 0 Å². The van der Waals surface area contributed by atoms with E-state index in [1.165, 1.54) is 25.8 Å². The fourth-order valence-corrected chi connectivity index (χ4v) is 3.31. The lowest BCUT2D eigenvalue weighted by Gasteiger charge is -2.40. The predicted molar refractivity (Wildman–Crippen MR) is 85.4 cm³/mol. The molecule has 0 aliphatic carbocycles. The molecular weight excluding hydrogens is 232 g/mol. The maximum Gasteiger partial charge on any atom is 0.0519 e. The quantitative estimate of drug-likeness (QED) is 0.748. The van der Waals surface area contributed by atoms with E-state index in [1.54, 1.807) is 0 Å². The van der Waals surface area contributed by atoms with E-state index in [0.717, 1.165) is 18.6 Å². The third kappa shape index (κ3) is 4.19. The van der Waals surface area contributed by atoms with Crippen molar-refractivity contribution in [1.29, 1.82) is 0 Å². The van der Waals surface area contributed by atoms with Crippen molar-refractivity contribution in [2.24, 2.45) is 5.92 Å². The van der Waals surface area contributed by atoms with Crippen LogP contribution >= 0.6 is 0 Å². The first-order valence-corrected chi connectivity index (χ1v) is 8.13. The van der Waals surface area contributed by atoms with Crippen LogP contribution in [0.4, 0.5) is 0 Å². The summed E-state index contributed by atoms with van der Waals surface area (Å²) in [6.45, 7) is 21.2. The van der Waals surface area contributed by atoms with Crippen molar-refractivity contribution in [2.45, 2.75) is 91.8 Å². The Balaban J connectivity index is 2.92. The van der Waals surface area contributed by atoms with Crippen LogP contribution in [0.2, 0.25) is 0 Å². The molecule has 0 saturated carbocycles. The van der Waals surface area contributed by atoms with E-state index >= 15 is 0 Å². The van der Waals surface area contributed by atoms with Crippen LogP contribution in [0.25, 0.3) is 0 Å². The summed E-state index contributed by atoms with van der Waals surface area (Å²) >= 11 is 0. The van der Waals surface area contributed by atoms with Crippen LogP contribution in [0.1, 0.15) is 74.7 Å². The summed E-state index contributed by atoms with van der Waals surface area (Å²) < 4.78 is 0. The first-order chi connectivity index (χ1) is 8.61. The Hall–Kier alpha value is -0.0800. The normalized spacial score (nSPS) is 24.9. The second-order valence-corrected chi connectivity index (χ2v) is 8.20. The summed E-state index contributed by atoms with van der Waals surface area (Å²) in [4.78, 5) is 5.39. The molecule has 0 amide bonds. The molecule has 1 unspecified atom stereocenters. The van der Waals surface area contributed by atoms with Gasteiger partial charge >= 0.3 is 0 Å². The molecule has 1 aliphatic heterocycles. The topological polar surface area (TPSA) is 6.48 Å². The molecule has 2 atom stereocenters. The summed E-state index contributed by atoms with van der Waals surface area (Å²) in [5, 5.41) is 0. The van der Waals surface area contributed by atoms with Gasteiger partial charge in [0.1, 0.15) is 0 Å². The predicted octanol–water partition coefficient (Wildman–Crippen LogP) is 4.35. The fraction of sp³-hybridized carbons (Fsp3) is 1.00. The zero-order chi connectivity index (χ0) is 14.8. The summed E-state index contributed by atoms with van der Waals surface area (Å²) in [6.07, 6.45) is 3.98. The Kier molecular flexibility index (Phi) is 5.48. The summed E-state index contributed by atoms with van der Waals surface area (Å²) in [6, 6.07) is 0.726. The van der Waals surface area contributed by atoms with Gasteiger partial charge in [-0.25, -0.2) is 0 Å². The molecule has 0 radical (unpaired) electrons. The SMILES string of the molecule is CCC[C@@H](CC)C1CN(C(C)(C)C)CN1C(C)(C)C. The second-order valence-electron chi connectivity index (χ2n) is 8.20. The van der Waals surface area contributed by atoms with Crippen molar-refractivity contribution in [3.63, 3.8) is 0 Å². The highest BCUT2D eigenvalue weighted by Crippen LogP contribution is 2.34. The van der Waals surface area contributed by atoms with Crippen LogP contribution in [-0.2, 0) is 0 Å². The lowest BCUT2D eigenvalue weighted by atomic mass is 9.89. The first kappa shape index (κ1) is 17.0. The molecule has 0 bridgehead atoms. The molecule has 0 aromatic carbocycles. The highest BCUT2D eigenvalue weighted by molar-refractivity contribution is 4.96. The summed E-state index contributed by atoms with van der Waals surface area (Å²) in [5.41, 5.74) is 0.550. The lowest BCUT2D eigenvalue weighted by Crippen LogP contribution is -2.48. The van der Waals surface area contributed by atoms with Crippen LogP contribution in [0.3, 0.4) is 0 Å². The van der Waals surface area contributed by atoms with E-state index in [1.807, 2.05) is 0 Å². The van der Waals surface area contributed by atoms with Gasteiger partial charge in [0.05, 0.1) is 6.67 Å². The Morgan fingerprint density at radius 1 is 1.00 bits per heavy atom. The van der Waals surface area contributed by atoms with Gasteiger partial charge in [0.25, 0.3) is 0 Å².